The van der Waals surface area contributed by atoms with E-state index in [1.54, 1.807) is 104 Å². The van der Waals surface area contributed by atoms with Gasteiger partial charge in [-0.25, -0.2) is 0 Å². The summed E-state index contributed by atoms with van der Waals surface area (Å²) < 4.78 is 76.4. The third kappa shape index (κ3) is 13.3. The average Bonchev–Trinajstić information content (AvgIpc) is 3.37. The Kier molecular flexibility index (Phi) is 19.3. The number of para-hydroxylation sites is 4. The van der Waals surface area contributed by atoms with E-state index in [0.29, 0.717) is 62.7 Å². The first-order valence-electron chi connectivity index (χ1n) is 22.0. The zero-order valence-corrected chi connectivity index (χ0v) is 47.7. The largest absolute Gasteiger partial charge is 2.00 e. The summed E-state index contributed by atoms with van der Waals surface area (Å²) in [6, 6.07) is 35.2. The molecule has 0 bridgehead atoms. The normalized spacial score (nSPS) is 11.9. The van der Waals surface area contributed by atoms with Crippen LogP contribution in [0.15, 0.2) is 169 Å². The molecule has 0 atom stereocenters. The summed E-state index contributed by atoms with van der Waals surface area (Å²) in [6.07, 6.45) is 0.856. The van der Waals surface area contributed by atoms with E-state index in [9.17, 15) is 46.1 Å². The molecule has 380 valence electrons. The minimum atomic E-state index is -4.62. The Morgan fingerprint density at radius 3 is 1.59 bits per heavy atom. The monoisotopic (exact) mass is 1210 g/mol. The van der Waals surface area contributed by atoms with Crippen LogP contribution in [0.1, 0.15) is 40.9 Å². The number of phenolic OH excluding ortho intramolecular Hbond substituents is 1. The Morgan fingerprint density at radius 1 is 0.613 bits per heavy atom. The van der Waals surface area contributed by atoms with Crippen molar-refractivity contribution in [2.45, 2.75) is 36.5 Å². The number of aliphatic imine (C=N–C) groups is 1. The summed E-state index contributed by atoms with van der Waals surface area (Å²) in [5.74, 6) is -1.69. The van der Waals surface area contributed by atoms with Gasteiger partial charge < -0.3 is 30.1 Å². The number of nitrogens with zero attached hydrogens (tertiary/aromatic N) is 5. The second-order valence-electron chi connectivity index (χ2n) is 15.8. The maximum Gasteiger partial charge on any atom is 2.00 e. The van der Waals surface area contributed by atoms with Crippen LogP contribution in [0, 0.1) is 0 Å². The Balaban J connectivity index is 0.000000241. The number of aromatic hydroxyl groups is 1. The molecule has 0 aromatic heterocycles. The number of anilines is 1. The predicted octanol–water partition coefficient (Wildman–Crippen LogP) is 11.5. The first-order chi connectivity index (χ1) is 35.3. The Morgan fingerprint density at radius 2 is 1.07 bits per heavy atom. The van der Waals surface area contributed by atoms with Gasteiger partial charge in [0.05, 0.1) is 52.6 Å². The molecular weight excluding hydrogens is 1170 g/mol. The van der Waals surface area contributed by atoms with E-state index < -0.39 is 53.3 Å². The maximum absolute atomic E-state index is 13.4. The van der Waals surface area contributed by atoms with Gasteiger partial charge in [0.1, 0.15) is 32.7 Å². The molecular formula is C52H42BaCl2N6O12S2. The van der Waals surface area contributed by atoms with Gasteiger partial charge in [0.25, 0.3) is 26.1 Å². The van der Waals surface area contributed by atoms with Crippen molar-refractivity contribution in [3.05, 3.63) is 166 Å². The molecule has 23 heteroatoms. The van der Waals surface area contributed by atoms with Gasteiger partial charge in [0.2, 0.25) is 0 Å². The van der Waals surface area contributed by atoms with E-state index in [-0.39, 0.29) is 98.5 Å². The van der Waals surface area contributed by atoms with Crippen molar-refractivity contribution < 1.29 is 55.5 Å². The molecule has 0 aliphatic heterocycles. The summed E-state index contributed by atoms with van der Waals surface area (Å²) in [7, 11) is -6.31. The number of methoxy groups -OCH3 is 2. The molecule has 0 unspecified atom stereocenters. The Labute approximate surface area is 481 Å². The van der Waals surface area contributed by atoms with Gasteiger partial charge >= 0.3 is 48.9 Å². The fraction of sp³-hybridized carbons (Fsp3) is 0.115. The number of halogens is 2. The van der Waals surface area contributed by atoms with Crippen LogP contribution in [0.5, 0.6) is 23.0 Å². The van der Waals surface area contributed by atoms with E-state index in [1.807, 2.05) is 6.92 Å². The minimum absolute atomic E-state index is 0. The van der Waals surface area contributed by atoms with Crippen LogP contribution < -0.4 is 25.0 Å². The van der Waals surface area contributed by atoms with Crippen LogP contribution in [0.2, 0.25) is 10.0 Å². The number of carbonyl (C=O) groups is 1. The van der Waals surface area contributed by atoms with E-state index >= 15 is 0 Å². The molecule has 75 heavy (non-hydrogen) atoms. The maximum atomic E-state index is 13.4. The molecule has 4 N–H and O–H groups in total. The number of benzene rings is 8. The predicted molar refractivity (Wildman–Crippen MR) is 285 cm³/mol. The standard InChI is InChI=1S/2C26H22ClN3O6S.Ba/c2*1-3-15-13-19(27)23(37(33,34)35)14-21(15)29-30-24-17-9-5-4-8-16(17)12-18(25(24)31)26(32)28-20-10-6-7-11-22(20)36-2;/h2*4-14,31H,3H2,1-2H3,(H,28,32)(H,33,34,35);/q;;+2/p-2. The molecule has 0 spiro atoms. The number of rotatable bonds is 14. The molecule has 0 aliphatic carbocycles. The first kappa shape index (κ1) is 57.9. The molecule has 1 amide bonds. The molecule has 0 heterocycles. The van der Waals surface area contributed by atoms with Crippen LogP contribution in [-0.4, -0.2) is 106 Å². The van der Waals surface area contributed by atoms with Crippen LogP contribution in [0.25, 0.3) is 21.5 Å². The van der Waals surface area contributed by atoms with Crippen molar-refractivity contribution in [1.29, 1.82) is 0 Å². The number of aryl methyl sites for hydroxylation is 2. The van der Waals surface area contributed by atoms with Gasteiger partial charge in [-0.1, -0.05) is 116 Å². The van der Waals surface area contributed by atoms with Gasteiger partial charge in [-0.05, 0) is 107 Å². The molecule has 8 rings (SSSR count). The Hall–Kier alpha value is -6.41. The number of azo groups is 2. The number of nitrogens with one attached hydrogen (secondary N) is 1. The smallest absolute Gasteiger partial charge is 0.871 e. The summed E-state index contributed by atoms with van der Waals surface area (Å²) in [5, 5.41) is 58.7. The molecule has 0 aliphatic rings. The topological polar surface area (TPSA) is 284 Å². The SMILES string of the molecule is CCc1cc(Cl)c(S(=O)(=O)O)cc1N=Nc1c(O)c(C(=O)Nc2ccccc2OC)cc2ccccc12.CCc1cc(Cl)c(S(=O)(=O)O)cc1N=Nc1c([O-])c(C([O-])=Nc2ccccc2OC)cc2ccccc12.[Ba+2]. The van der Waals surface area contributed by atoms with Gasteiger partial charge in [-0.3, -0.25) is 18.9 Å². The molecule has 8 aromatic rings. The number of amides is 1. The van der Waals surface area contributed by atoms with E-state index in [1.165, 1.54) is 38.5 Å². The second-order valence-corrected chi connectivity index (χ2v) is 19.4. The van der Waals surface area contributed by atoms with E-state index in [0.717, 1.165) is 12.1 Å². The zero-order valence-electron chi connectivity index (χ0n) is 40.1. The van der Waals surface area contributed by atoms with Gasteiger partial charge in [-0.2, -0.15) is 32.2 Å². The fourth-order valence-corrected chi connectivity index (χ4v) is 9.60. The second kappa shape index (κ2) is 25.0. The number of hydrogen-bond donors (Lipinski definition) is 4. The molecule has 0 radical (unpaired) electrons. The number of carbonyl (C=O) groups excluding carboxylic acids is 1. The van der Waals surface area contributed by atoms with Crippen molar-refractivity contribution in [3.8, 4) is 23.0 Å². The van der Waals surface area contributed by atoms with Crippen molar-refractivity contribution >= 4 is 160 Å². The molecule has 0 fully saturated rings. The Bertz CT molecular complexity index is 3830. The third-order valence-electron chi connectivity index (χ3n) is 11.2. The number of phenols is 1. The average molecular weight is 1220 g/mol. The molecule has 18 nitrogen and oxygen atoms in total. The summed E-state index contributed by atoms with van der Waals surface area (Å²) in [4.78, 5) is 16.2. The minimum Gasteiger partial charge on any atom is -0.871 e. The summed E-state index contributed by atoms with van der Waals surface area (Å²) >= 11 is 12.0. The molecule has 0 saturated heterocycles. The van der Waals surface area contributed by atoms with Gasteiger partial charge in [-0.15, -0.1) is 5.11 Å². The first-order valence-corrected chi connectivity index (χ1v) is 25.7. The van der Waals surface area contributed by atoms with Crippen LogP contribution in [0.3, 0.4) is 0 Å². The molecule has 0 saturated carbocycles. The quantitative estimate of drug-likeness (QED) is 0.0260. The summed E-state index contributed by atoms with van der Waals surface area (Å²) in [5.41, 5.74) is 1.62. The zero-order chi connectivity index (χ0) is 53.5. The van der Waals surface area contributed by atoms with Crippen molar-refractivity contribution in [1.82, 2.24) is 0 Å². The number of fused-ring (bicyclic) bond motifs is 2. The van der Waals surface area contributed by atoms with Crippen LogP contribution in [0.4, 0.5) is 34.1 Å². The number of ether oxygens (including phenoxy) is 2. The van der Waals surface area contributed by atoms with Gasteiger partial charge in [0.15, 0.2) is 5.75 Å². The third-order valence-corrected chi connectivity index (χ3v) is 13.8. The van der Waals surface area contributed by atoms with Crippen molar-refractivity contribution in [2.24, 2.45) is 25.4 Å². The van der Waals surface area contributed by atoms with Crippen molar-refractivity contribution in [2.75, 3.05) is 19.5 Å². The number of hydrogen-bond acceptors (Lipinski definition) is 15. The van der Waals surface area contributed by atoms with Crippen LogP contribution in [-0.2, 0) is 33.1 Å². The van der Waals surface area contributed by atoms with E-state index in [4.69, 9.17) is 32.7 Å². The summed E-state index contributed by atoms with van der Waals surface area (Å²) in [6.45, 7) is 3.61. The fourth-order valence-electron chi connectivity index (χ4n) is 7.51. The van der Waals surface area contributed by atoms with Crippen molar-refractivity contribution in [3.63, 3.8) is 0 Å². The van der Waals surface area contributed by atoms with E-state index in [2.05, 4.69) is 30.8 Å². The van der Waals surface area contributed by atoms with Crippen LogP contribution >= 0.6 is 23.2 Å². The molecule has 8 aromatic carbocycles. The van der Waals surface area contributed by atoms with Gasteiger partial charge in [0, 0.05) is 10.8 Å².